The van der Waals surface area contributed by atoms with Gasteiger partial charge in [0.25, 0.3) is 0 Å². The van der Waals surface area contributed by atoms with Crippen molar-refractivity contribution in [3.63, 3.8) is 0 Å². The second-order valence-electron chi connectivity index (χ2n) is 5.79. The van der Waals surface area contributed by atoms with E-state index < -0.39 is 0 Å². The van der Waals surface area contributed by atoms with Gasteiger partial charge in [0.05, 0.1) is 0 Å². The molecule has 1 nitrogen and oxygen atoms in total. The average Bonchev–Trinajstić information content (AvgIpc) is 2.10. The molecule has 2 fully saturated rings. The average molecular weight is 181 g/mol. The molecular formula is C12H23N. The lowest BCUT2D eigenvalue weighted by molar-refractivity contribution is -0.0571. The van der Waals surface area contributed by atoms with E-state index >= 15 is 0 Å². The predicted octanol–water partition coefficient (Wildman–Crippen LogP) is 3.05. The predicted molar refractivity (Wildman–Crippen MR) is 56.8 cm³/mol. The third-order valence-electron chi connectivity index (χ3n) is 3.81. The van der Waals surface area contributed by atoms with Crippen LogP contribution in [0.1, 0.15) is 52.9 Å². The van der Waals surface area contributed by atoms with Crippen LogP contribution in [0.5, 0.6) is 0 Å². The van der Waals surface area contributed by atoms with Gasteiger partial charge in [-0.3, -0.25) is 4.90 Å². The number of likely N-dealkylation sites (tertiary alicyclic amines) is 1. The minimum Gasteiger partial charge on any atom is -0.295 e. The highest BCUT2D eigenvalue weighted by Gasteiger charge is 2.43. The molecule has 0 spiro atoms. The van der Waals surface area contributed by atoms with Crippen molar-refractivity contribution in [1.82, 2.24) is 4.90 Å². The molecule has 0 aromatic heterocycles. The maximum absolute atomic E-state index is 2.71. The van der Waals surface area contributed by atoms with Gasteiger partial charge in [-0.15, -0.1) is 0 Å². The van der Waals surface area contributed by atoms with Crippen LogP contribution >= 0.6 is 0 Å². The normalized spacial score (nSPS) is 36.2. The molecule has 1 heterocycles. The molecule has 1 aliphatic heterocycles. The highest BCUT2D eigenvalue weighted by atomic mass is 15.3. The standard InChI is InChI=1S/C12H23N/c1-12(2,3)13-9-10-7-5-4-6-8-11(10)13/h10-11H,4-9H2,1-3H3. The smallest absolute Gasteiger partial charge is 0.0141 e. The summed E-state index contributed by atoms with van der Waals surface area (Å²) < 4.78 is 0. The molecule has 2 unspecified atom stereocenters. The van der Waals surface area contributed by atoms with Crippen molar-refractivity contribution in [2.24, 2.45) is 5.92 Å². The SMILES string of the molecule is CC(C)(C)N1CC2CCCCCC21. The Morgan fingerprint density at radius 1 is 1.00 bits per heavy atom. The van der Waals surface area contributed by atoms with Gasteiger partial charge in [-0.2, -0.15) is 0 Å². The number of nitrogens with zero attached hydrogens (tertiary/aromatic N) is 1. The second-order valence-corrected chi connectivity index (χ2v) is 5.79. The first-order chi connectivity index (χ1) is 6.09. The first-order valence-corrected chi connectivity index (χ1v) is 5.86. The van der Waals surface area contributed by atoms with Gasteiger partial charge in [-0.25, -0.2) is 0 Å². The molecule has 76 valence electrons. The van der Waals surface area contributed by atoms with E-state index in [1.54, 1.807) is 0 Å². The zero-order chi connectivity index (χ0) is 9.47. The molecule has 0 amide bonds. The van der Waals surface area contributed by atoms with Crippen molar-refractivity contribution in [3.8, 4) is 0 Å². The topological polar surface area (TPSA) is 3.24 Å². The van der Waals surface area contributed by atoms with Crippen LogP contribution in [0.4, 0.5) is 0 Å². The highest BCUT2D eigenvalue weighted by Crippen LogP contribution is 2.39. The van der Waals surface area contributed by atoms with Crippen LogP contribution in [0.15, 0.2) is 0 Å². The van der Waals surface area contributed by atoms with Crippen LogP contribution in [0.2, 0.25) is 0 Å². The zero-order valence-electron chi connectivity index (χ0n) is 9.34. The molecule has 2 atom stereocenters. The van der Waals surface area contributed by atoms with Crippen molar-refractivity contribution >= 4 is 0 Å². The van der Waals surface area contributed by atoms with E-state index in [2.05, 4.69) is 25.7 Å². The maximum atomic E-state index is 2.71. The summed E-state index contributed by atoms with van der Waals surface area (Å²) in [6.45, 7) is 8.44. The Kier molecular flexibility index (Phi) is 2.39. The van der Waals surface area contributed by atoms with Crippen molar-refractivity contribution in [3.05, 3.63) is 0 Å². The van der Waals surface area contributed by atoms with Gasteiger partial charge >= 0.3 is 0 Å². The van der Waals surface area contributed by atoms with Gasteiger partial charge in [0.2, 0.25) is 0 Å². The maximum Gasteiger partial charge on any atom is 0.0141 e. The molecule has 1 aliphatic carbocycles. The van der Waals surface area contributed by atoms with E-state index in [9.17, 15) is 0 Å². The first-order valence-electron chi connectivity index (χ1n) is 5.86. The quantitative estimate of drug-likeness (QED) is 0.555. The first kappa shape index (κ1) is 9.51. The van der Waals surface area contributed by atoms with Crippen LogP contribution < -0.4 is 0 Å². The Hall–Kier alpha value is -0.0400. The summed E-state index contributed by atoms with van der Waals surface area (Å²) >= 11 is 0. The molecule has 0 bridgehead atoms. The summed E-state index contributed by atoms with van der Waals surface area (Å²) in [4.78, 5) is 2.71. The summed E-state index contributed by atoms with van der Waals surface area (Å²) in [7, 11) is 0. The number of fused-ring (bicyclic) bond motifs is 1. The van der Waals surface area contributed by atoms with Crippen LogP contribution in [0, 0.1) is 5.92 Å². The fraction of sp³-hybridized carbons (Fsp3) is 1.00. The van der Waals surface area contributed by atoms with Gasteiger partial charge < -0.3 is 0 Å². The summed E-state index contributed by atoms with van der Waals surface area (Å²) in [5.41, 5.74) is 0.408. The molecule has 1 saturated carbocycles. The minimum atomic E-state index is 0.408. The Labute approximate surface area is 82.5 Å². The van der Waals surface area contributed by atoms with Gasteiger partial charge in [0.1, 0.15) is 0 Å². The molecule has 13 heavy (non-hydrogen) atoms. The Morgan fingerprint density at radius 2 is 1.69 bits per heavy atom. The Morgan fingerprint density at radius 3 is 2.38 bits per heavy atom. The third-order valence-corrected chi connectivity index (χ3v) is 3.81. The summed E-state index contributed by atoms with van der Waals surface area (Å²) in [5.74, 6) is 1.04. The Balaban J connectivity index is 1.98. The van der Waals surface area contributed by atoms with E-state index in [4.69, 9.17) is 0 Å². The molecule has 0 aromatic carbocycles. The molecule has 2 aliphatic rings. The van der Waals surface area contributed by atoms with Crippen LogP contribution in [0.3, 0.4) is 0 Å². The summed E-state index contributed by atoms with van der Waals surface area (Å²) in [6, 6.07) is 0.933. The molecule has 2 rings (SSSR count). The third kappa shape index (κ3) is 1.76. The molecule has 0 aromatic rings. The van der Waals surface area contributed by atoms with Crippen LogP contribution in [-0.2, 0) is 0 Å². The van der Waals surface area contributed by atoms with E-state index in [0.717, 1.165) is 12.0 Å². The number of hydrogen-bond acceptors (Lipinski definition) is 1. The largest absolute Gasteiger partial charge is 0.295 e. The fourth-order valence-electron chi connectivity index (χ4n) is 3.01. The molecular weight excluding hydrogens is 158 g/mol. The van der Waals surface area contributed by atoms with Crippen molar-refractivity contribution < 1.29 is 0 Å². The van der Waals surface area contributed by atoms with Crippen molar-refractivity contribution in [2.45, 2.75) is 64.5 Å². The van der Waals surface area contributed by atoms with Crippen molar-refractivity contribution in [1.29, 1.82) is 0 Å². The van der Waals surface area contributed by atoms with Crippen LogP contribution in [-0.4, -0.2) is 23.0 Å². The summed E-state index contributed by atoms with van der Waals surface area (Å²) in [6.07, 6.45) is 7.39. The van der Waals surface area contributed by atoms with Gasteiger partial charge in [-0.05, 0) is 39.5 Å². The monoisotopic (exact) mass is 181 g/mol. The zero-order valence-corrected chi connectivity index (χ0v) is 9.34. The minimum absolute atomic E-state index is 0.408. The summed E-state index contributed by atoms with van der Waals surface area (Å²) in [5, 5.41) is 0. The molecule has 1 saturated heterocycles. The van der Waals surface area contributed by atoms with Gasteiger partial charge in [0, 0.05) is 18.1 Å². The number of hydrogen-bond donors (Lipinski definition) is 0. The highest BCUT2D eigenvalue weighted by molar-refractivity contribution is 4.98. The lowest BCUT2D eigenvalue weighted by Crippen LogP contribution is -2.62. The lowest BCUT2D eigenvalue weighted by atomic mass is 9.80. The molecule has 0 radical (unpaired) electrons. The van der Waals surface area contributed by atoms with E-state index in [1.807, 2.05) is 0 Å². The fourth-order valence-corrected chi connectivity index (χ4v) is 3.01. The van der Waals surface area contributed by atoms with Gasteiger partial charge in [-0.1, -0.05) is 19.3 Å². The molecule has 0 N–H and O–H groups in total. The van der Waals surface area contributed by atoms with Crippen LogP contribution in [0.25, 0.3) is 0 Å². The second kappa shape index (κ2) is 3.27. The van der Waals surface area contributed by atoms with E-state index in [0.29, 0.717) is 5.54 Å². The molecule has 1 heteroatoms. The Bertz CT molecular complexity index is 180. The van der Waals surface area contributed by atoms with E-state index in [-0.39, 0.29) is 0 Å². The van der Waals surface area contributed by atoms with E-state index in [1.165, 1.54) is 38.6 Å². The lowest BCUT2D eigenvalue weighted by Gasteiger charge is -2.54. The van der Waals surface area contributed by atoms with Gasteiger partial charge in [0.15, 0.2) is 0 Å². The van der Waals surface area contributed by atoms with Crippen molar-refractivity contribution in [2.75, 3.05) is 6.54 Å². The number of rotatable bonds is 0.